The predicted octanol–water partition coefficient (Wildman–Crippen LogP) is 7.97. The number of halogens is 2. The van der Waals surface area contributed by atoms with Crippen LogP contribution in [0.15, 0.2) is 72.8 Å². The minimum Gasteiger partial charge on any atom is -0.203 e. The second kappa shape index (κ2) is 8.16. The Labute approximate surface area is 170 Å². The van der Waals surface area contributed by atoms with E-state index in [9.17, 15) is 8.78 Å². The first-order chi connectivity index (χ1) is 14.1. The summed E-state index contributed by atoms with van der Waals surface area (Å²) < 4.78 is 29.9. The molecule has 0 aromatic heterocycles. The molecule has 4 aromatic carbocycles. The van der Waals surface area contributed by atoms with Crippen molar-refractivity contribution in [1.29, 1.82) is 0 Å². The summed E-state index contributed by atoms with van der Waals surface area (Å²) >= 11 is 0. The first kappa shape index (κ1) is 19.3. The monoisotopic (exact) mass is 386 g/mol. The van der Waals surface area contributed by atoms with Gasteiger partial charge in [-0.2, -0.15) is 0 Å². The van der Waals surface area contributed by atoms with Gasteiger partial charge in [0.2, 0.25) is 0 Å². The Morgan fingerprint density at radius 3 is 1.79 bits per heavy atom. The van der Waals surface area contributed by atoms with Gasteiger partial charge in [0.05, 0.1) is 0 Å². The molecular formula is C27H24F2. The van der Waals surface area contributed by atoms with Crippen LogP contribution in [0.25, 0.3) is 33.0 Å². The minimum atomic E-state index is -0.802. The van der Waals surface area contributed by atoms with Gasteiger partial charge >= 0.3 is 0 Å². The molecule has 0 amide bonds. The number of rotatable bonds is 5. The summed E-state index contributed by atoms with van der Waals surface area (Å²) in [7, 11) is 0. The number of hydrogen-bond acceptors (Lipinski definition) is 0. The molecule has 0 bridgehead atoms. The highest BCUT2D eigenvalue weighted by Gasteiger charge is 2.16. The normalized spacial score (nSPS) is 11.2. The van der Waals surface area contributed by atoms with Gasteiger partial charge in [0.15, 0.2) is 11.6 Å². The van der Waals surface area contributed by atoms with Crippen LogP contribution in [0.5, 0.6) is 0 Å². The summed E-state index contributed by atoms with van der Waals surface area (Å²) in [5, 5.41) is 2.15. The maximum Gasteiger partial charge on any atom is 0.167 e. The van der Waals surface area contributed by atoms with Crippen molar-refractivity contribution in [3.8, 4) is 22.3 Å². The van der Waals surface area contributed by atoms with Gasteiger partial charge in [0, 0.05) is 11.1 Å². The molecule has 0 atom stereocenters. The Morgan fingerprint density at radius 1 is 0.586 bits per heavy atom. The molecule has 2 heteroatoms. The molecule has 0 aliphatic carbocycles. The summed E-state index contributed by atoms with van der Waals surface area (Å²) in [6.45, 7) is 4.23. The highest BCUT2D eigenvalue weighted by molar-refractivity contribution is 5.88. The van der Waals surface area contributed by atoms with Crippen molar-refractivity contribution in [3.63, 3.8) is 0 Å². The molecule has 0 aliphatic rings. The number of benzene rings is 4. The summed E-state index contributed by atoms with van der Waals surface area (Å²) in [5.41, 5.74) is 4.42. The molecule has 0 aliphatic heterocycles. The summed E-state index contributed by atoms with van der Waals surface area (Å²) in [6, 6.07) is 23.1. The topological polar surface area (TPSA) is 0 Å². The lowest BCUT2D eigenvalue weighted by Gasteiger charge is -2.11. The van der Waals surface area contributed by atoms with E-state index in [0.29, 0.717) is 16.7 Å². The lowest BCUT2D eigenvalue weighted by atomic mass is 9.96. The average molecular weight is 386 g/mol. The van der Waals surface area contributed by atoms with Crippen LogP contribution in [0, 0.1) is 11.6 Å². The fraction of sp³-hybridized carbons (Fsp3) is 0.185. The molecule has 0 fully saturated rings. The average Bonchev–Trinajstić information content (AvgIpc) is 2.76. The molecule has 0 nitrogen and oxygen atoms in total. The van der Waals surface area contributed by atoms with Crippen molar-refractivity contribution in [3.05, 3.63) is 95.6 Å². The van der Waals surface area contributed by atoms with Crippen molar-refractivity contribution in [2.24, 2.45) is 0 Å². The van der Waals surface area contributed by atoms with Crippen molar-refractivity contribution in [2.75, 3.05) is 0 Å². The van der Waals surface area contributed by atoms with Gasteiger partial charge < -0.3 is 0 Å². The van der Waals surface area contributed by atoms with Gasteiger partial charge in [-0.05, 0) is 51.9 Å². The third kappa shape index (κ3) is 3.80. The van der Waals surface area contributed by atoms with Crippen molar-refractivity contribution in [1.82, 2.24) is 0 Å². The van der Waals surface area contributed by atoms with Crippen LogP contribution in [0.1, 0.15) is 31.4 Å². The molecule has 0 saturated heterocycles. The van der Waals surface area contributed by atoms with Crippen LogP contribution in [-0.4, -0.2) is 0 Å². The predicted molar refractivity (Wildman–Crippen MR) is 118 cm³/mol. The van der Waals surface area contributed by atoms with E-state index in [1.165, 1.54) is 11.1 Å². The molecule has 0 saturated carbocycles. The quantitative estimate of drug-likeness (QED) is 0.326. The maximum atomic E-state index is 15.0. The Bertz CT molecular complexity index is 1160. The van der Waals surface area contributed by atoms with Crippen LogP contribution < -0.4 is 0 Å². The largest absolute Gasteiger partial charge is 0.203 e. The van der Waals surface area contributed by atoms with Crippen molar-refractivity contribution in [2.45, 2.75) is 33.1 Å². The Morgan fingerprint density at radius 2 is 1.14 bits per heavy atom. The lowest BCUT2D eigenvalue weighted by Crippen LogP contribution is -1.94. The first-order valence-electron chi connectivity index (χ1n) is 10.2. The second-order valence-electron chi connectivity index (χ2n) is 7.49. The van der Waals surface area contributed by atoms with E-state index in [1.54, 1.807) is 12.1 Å². The summed E-state index contributed by atoms with van der Waals surface area (Å²) in [6.07, 6.45) is 3.05. The standard InChI is InChI=1S/C27H24F2/c1-3-5-19-8-11-22-17-23(13-12-21(22)16-19)25-15-14-24(26(28)27(25)29)20-9-6-18(4-2)7-10-20/h6-17H,3-5H2,1-2H3. The molecule has 0 radical (unpaired) electrons. The van der Waals surface area contributed by atoms with E-state index in [1.807, 2.05) is 42.5 Å². The zero-order valence-corrected chi connectivity index (χ0v) is 16.8. The molecular weight excluding hydrogens is 362 g/mol. The third-order valence-corrected chi connectivity index (χ3v) is 5.51. The SMILES string of the molecule is CCCc1ccc2cc(-c3ccc(-c4ccc(CC)cc4)c(F)c3F)ccc2c1. The molecule has 0 spiro atoms. The van der Waals surface area contributed by atoms with E-state index in [4.69, 9.17) is 0 Å². The van der Waals surface area contributed by atoms with Gasteiger partial charge in [-0.25, -0.2) is 8.78 Å². The summed E-state index contributed by atoms with van der Waals surface area (Å²) in [5.74, 6) is -1.60. The molecule has 146 valence electrons. The highest BCUT2D eigenvalue weighted by atomic mass is 19.2. The third-order valence-electron chi connectivity index (χ3n) is 5.51. The van der Waals surface area contributed by atoms with Crippen molar-refractivity contribution < 1.29 is 8.78 Å². The van der Waals surface area contributed by atoms with Gasteiger partial charge in [0.1, 0.15) is 0 Å². The smallest absolute Gasteiger partial charge is 0.167 e. The van der Waals surface area contributed by atoms with Crippen LogP contribution in [0.4, 0.5) is 8.78 Å². The van der Waals surface area contributed by atoms with E-state index >= 15 is 0 Å². The van der Waals surface area contributed by atoms with Gasteiger partial charge in [-0.15, -0.1) is 0 Å². The van der Waals surface area contributed by atoms with E-state index in [2.05, 4.69) is 32.0 Å². The van der Waals surface area contributed by atoms with Gasteiger partial charge in [-0.3, -0.25) is 0 Å². The second-order valence-corrected chi connectivity index (χ2v) is 7.49. The molecule has 0 unspecified atom stereocenters. The molecule has 0 heterocycles. The Hall–Kier alpha value is -3.00. The molecule has 4 rings (SSSR count). The van der Waals surface area contributed by atoms with Crippen molar-refractivity contribution >= 4 is 10.8 Å². The Balaban J connectivity index is 1.73. The van der Waals surface area contributed by atoms with Crippen LogP contribution in [0.3, 0.4) is 0 Å². The molecule has 4 aromatic rings. The number of hydrogen-bond donors (Lipinski definition) is 0. The minimum absolute atomic E-state index is 0.288. The molecule has 0 N–H and O–H groups in total. The zero-order chi connectivity index (χ0) is 20.4. The van der Waals surface area contributed by atoms with Crippen LogP contribution in [-0.2, 0) is 12.8 Å². The van der Waals surface area contributed by atoms with Gasteiger partial charge in [0.25, 0.3) is 0 Å². The fourth-order valence-electron chi connectivity index (χ4n) is 3.82. The maximum absolute atomic E-state index is 15.0. The van der Waals surface area contributed by atoms with Crippen LogP contribution >= 0.6 is 0 Å². The fourth-order valence-corrected chi connectivity index (χ4v) is 3.82. The van der Waals surface area contributed by atoms with Gasteiger partial charge in [-0.1, -0.05) is 87.0 Å². The number of fused-ring (bicyclic) bond motifs is 1. The Kier molecular flexibility index (Phi) is 5.44. The van der Waals surface area contributed by atoms with E-state index in [-0.39, 0.29) is 5.56 Å². The first-order valence-corrected chi connectivity index (χ1v) is 10.2. The van der Waals surface area contributed by atoms with Crippen LogP contribution in [0.2, 0.25) is 0 Å². The molecule has 29 heavy (non-hydrogen) atoms. The lowest BCUT2D eigenvalue weighted by molar-refractivity contribution is 0.514. The van der Waals surface area contributed by atoms with E-state index < -0.39 is 11.6 Å². The summed E-state index contributed by atoms with van der Waals surface area (Å²) in [4.78, 5) is 0. The highest BCUT2D eigenvalue weighted by Crippen LogP contribution is 2.33. The van der Waals surface area contributed by atoms with E-state index in [0.717, 1.165) is 30.0 Å². The zero-order valence-electron chi connectivity index (χ0n) is 16.8. The number of aryl methyl sites for hydroxylation is 2.